The number of hydrogen-bond acceptors (Lipinski definition) is 8. The Hall–Kier alpha value is -6.19. The molecule has 0 spiro atoms. The Balaban J connectivity index is 1.56. The number of halogens is 3. The molecule has 3 N–H and O–H groups in total. The number of pyridine rings is 1. The predicted octanol–water partition coefficient (Wildman–Crippen LogP) is 5.12. The Morgan fingerprint density at radius 2 is 1.71 bits per heavy atom. The summed E-state index contributed by atoms with van der Waals surface area (Å²) >= 11 is 0. The van der Waals surface area contributed by atoms with E-state index in [4.69, 9.17) is 0 Å². The Morgan fingerprint density at radius 3 is 2.38 bits per heavy atom. The van der Waals surface area contributed by atoms with Crippen LogP contribution in [-0.2, 0) is 17.5 Å². The number of carbonyl (C=O) groups excluding carboxylic acids is 3. The van der Waals surface area contributed by atoms with Crippen molar-refractivity contribution >= 4 is 23.6 Å². The Bertz CT molecular complexity index is 2010. The topological polar surface area (TPSA) is 157 Å². The molecule has 48 heavy (non-hydrogen) atoms. The SMILES string of the molecule is COC(=O)N(C)NC(=O)c1cc(C)cc(C)c1NC(=O)c1cc(Cn2nc(C(F)(F)F)cc2-c2ccccc2)nn1-c1ncccc1O. The molecule has 0 saturated carbocycles. The number of amides is 3. The van der Waals surface area contributed by atoms with E-state index >= 15 is 0 Å². The van der Waals surface area contributed by atoms with Gasteiger partial charge in [0.25, 0.3) is 11.8 Å². The smallest absolute Gasteiger partial charge is 0.435 e. The number of rotatable bonds is 7. The minimum absolute atomic E-state index is 0.0206. The fourth-order valence-electron chi connectivity index (χ4n) is 4.94. The molecule has 0 bridgehead atoms. The minimum atomic E-state index is -4.72. The van der Waals surface area contributed by atoms with Gasteiger partial charge in [0.1, 0.15) is 5.69 Å². The van der Waals surface area contributed by atoms with Gasteiger partial charge in [-0.15, -0.1) is 0 Å². The van der Waals surface area contributed by atoms with E-state index in [-0.39, 0.29) is 46.4 Å². The van der Waals surface area contributed by atoms with Crippen LogP contribution in [0.1, 0.15) is 43.4 Å². The van der Waals surface area contributed by atoms with Gasteiger partial charge >= 0.3 is 12.3 Å². The second-order valence-corrected chi connectivity index (χ2v) is 10.6. The number of hydrogen-bond donors (Lipinski definition) is 3. The summed E-state index contributed by atoms with van der Waals surface area (Å²) in [6.07, 6.45) is -4.19. The van der Waals surface area contributed by atoms with E-state index < -0.39 is 29.8 Å². The normalized spacial score (nSPS) is 11.2. The quantitative estimate of drug-likeness (QED) is 0.203. The van der Waals surface area contributed by atoms with Gasteiger partial charge in [-0.05, 0) is 60.9 Å². The van der Waals surface area contributed by atoms with Crippen LogP contribution >= 0.6 is 0 Å². The van der Waals surface area contributed by atoms with Gasteiger partial charge in [0, 0.05) is 13.2 Å². The van der Waals surface area contributed by atoms with Gasteiger partial charge in [-0.2, -0.15) is 23.4 Å². The zero-order valence-corrected chi connectivity index (χ0v) is 26.0. The molecule has 0 aliphatic carbocycles. The number of nitrogens with one attached hydrogen (secondary N) is 2. The van der Waals surface area contributed by atoms with Crippen LogP contribution in [0.3, 0.4) is 0 Å². The number of alkyl halides is 3. The van der Waals surface area contributed by atoms with Crippen LogP contribution in [0.4, 0.5) is 23.7 Å². The highest BCUT2D eigenvalue weighted by Gasteiger charge is 2.35. The number of benzene rings is 2. The van der Waals surface area contributed by atoms with Crippen molar-refractivity contribution in [2.75, 3.05) is 19.5 Å². The number of aromatic nitrogens is 5. The van der Waals surface area contributed by atoms with Gasteiger partial charge in [0.15, 0.2) is 17.3 Å². The number of nitrogens with zero attached hydrogens (tertiary/aromatic N) is 6. The second kappa shape index (κ2) is 13.3. The summed E-state index contributed by atoms with van der Waals surface area (Å²) in [7, 11) is 2.43. The average Bonchev–Trinajstić information content (AvgIpc) is 3.67. The molecule has 13 nitrogen and oxygen atoms in total. The molecule has 0 unspecified atom stereocenters. The summed E-state index contributed by atoms with van der Waals surface area (Å²) < 4.78 is 47.9. The third kappa shape index (κ3) is 6.96. The molecule has 0 radical (unpaired) electrons. The van der Waals surface area contributed by atoms with Crippen molar-refractivity contribution in [3.05, 3.63) is 107 Å². The van der Waals surface area contributed by atoms with Gasteiger partial charge in [0.2, 0.25) is 0 Å². The standard InChI is InChI=1S/C32H29F3N8O5/c1-18-13-19(2)27(22(14-18)29(45)40-41(3)31(47)48-4)37-30(46)24-15-21(38-43(24)28-25(44)11-8-12-36-28)17-42-23(20-9-6-5-7-10-20)16-26(39-42)32(33,34)35/h5-16,44H,17H2,1-4H3,(H,37,46)(H,40,45). The van der Waals surface area contributed by atoms with E-state index in [1.54, 1.807) is 50.2 Å². The fraction of sp³-hybridized carbons (Fsp3) is 0.188. The van der Waals surface area contributed by atoms with Crippen LogP contribution in [0.15, 0.2) is 72.9 Å². The molecule has 3 aromatic heterocycles. The first-order valence-electron chi connectivity index (χ1n) is 14.3. The average molecular weight is 663 g/mol. The zero-order chi connectivity index (χ0) is 34.7. The number of carbonyl (C=O) groups is 3. The predicted molar refractivity (Wildman–Crippen MR) is 166 cm³/mol. The van der Waals surface area contributed by atoms with Crippen molar-refractivity contribution in [3.63, 3.8) is 0 Å². The highest BCUT2D eigenvalue weighted by molar-refractivity contribution is 6.09. The lowest BCUT2D eigenvalue weighted by atomic mass is 10.0. The van der Waals surface area contributed by atoms with Crippen LogP contribution in [0.25, 0.3) is 17.1 Å². The number of hydrazine groups is 1. The summed E-state index contributed by atoms with van der Waals surface area (Å²) in [6.45, 7) is 3.11. The maximum Gasteiger partial charge on any atom is 0.435 e. The van der Waals surface area contributed by atoms with Gasteiger partial charge in [0.05, 0.1) is 36.3 Å². The van der Waals surface area contributed by atoms with E-state index in [2.05, 4.69) is 30.7 Å². The van der Waals surface area contributed by atoms with Crippen molar-refractivity contribution < 1.29 is 37.4 Å². The van der Waals surface area contributed by atoms with Crippen molar-refractivity contribution in [1.82, 2.24) is 35.0 Å². The molecule has 5 rings (SSSR count). The lowest BCUT2D eigenvalue weighted by molar-refractivity contribution is -0.141. The molecule has 248 valence electrons. The number of aryl methyl sites for hydroxylation is 2. The van der Waals surface area contributed by atoms with Crippen molar-refractivity contribution in [2.24, 2.45) is 0 Å². The third-order valence-corrected chi connectivity index (χ3v) is 7.09. The lowest BCUT2D eigenvalue weighted by Crippen LogP contribution is -2.43. The van der Waals surface area contributed by atoms with Crippen molar-refractivity contribution in [2.45, 2.75) is 26.6 Å². The molecule has 3 amide bonds. The van der Waals surface area contributed by atoms with Gasteiger partial charge < -0.3 is 15.2 Å². The molecule has 5 aromatic rings. The van der Waals surface area contributed by atoms with E-state index in [0.29, 0.717) is 16.7 Å². The van der Waals surface area contributed by atoms with Crippen LogP contribution < -0.4 is 10.7 Å². The van der Waals surface area contributed by atoms with E-state index in [1.165, 1.54) is 37.5 Å². The Morgan fingerprint density at radius 1 is 0.979 bits per heavy atom. The van der Waals surface area contributed by atoms with Gasteiger partial charge in [-0.25, -0.2) is 19.5 Å². The Labute approximate surface area is 271 Å². The van der Waals surface area contributed by atoms with Crippen molar-refractivity contribution in [3.8, 4) is 22.8 Å². The van der Waals surface area contributed by atoms with Gasteiger partial charge in [-0.3, -0.25) is 19.7 Å². The molecule has 0 aliphatic rings. The number of ether oxygens (including phenoxy) is 1. The number of methoxy groups -OCH3 is 1. The first-order chi connectivity index (χ1) is 22.8. The monoisotopic (exact) mass is 662 g/mol. The molecule has 0 fully saturated rings. The fourth-order valence-corrected chi connectivity index (χ4v) is 4.94. The molecule has 0 saturated heterocycles. The van der Waals surface area contributed by atoms with Crippen LogP contribution in [0.5, 0.6) is 5.75 Å². The molecule has 16 heteroatoms. The molecule has 0 atom stereocenters. The molecular formula is C32H29F3N8O5. The van der Waals surface area contributed by atoms with E-state index in [0.717, 1.165) is 27.5 Å². The number of aromatic hydroxyl groups is 1. The summed E-state index contributed by atoms with van der Waals surface area (Å²) in [5.74, 6) is -1.98. The lowest BCUT2D eigenvalue weighted by Gasteiger charge is -2.19. The van der Waals surface area contributed by atoms with Crippen LogP contribution in [0.2, 0.25) is 0 Å². The Kier molecular flexibility index (Phi) is 9.17. The zero-order valence-electron chi connectivity index (χ0n) is 26.0. The number of anilines is 1. The summed E-state index contributed by atoms with van der Waals surface area (Å²) in [5.41, 5.74) is 3.16. The highest BCUT2D eigenvalue weighted by Crippen LogP contribution is 2.32. The van der Waals surface area contributed by atoms with Crippen LogP contribution in [0, 0.1) is 13.8 Å². The third-order valence-electron chi connectivity index (χ3n) is 7.09. The summed E-state index contributed by atoms with van der Waals surface area (Å²) in [4.78, 5) is 43.2. The first-order valence-corrected chi connectivity index (χ1v) is 14.3. The first kappa shape index (κ1) is 33.2. The van der Waals surface area contributed by atoms with Gasteiger partial charge in [-0.1, -0.05) is 36.4 Å². The molecular weight excluding hydrogens is 633 g/mol. The highest BCUT2D eigenvalue weighted by atomic mass is 19.4. The minimum Gasteiger partial charge on any atom is -0.504 e. The maximum atomic E-state index is 13.9. The van der Waals surface area contributed by atoms with Crippen LogP contribution in [-0.4, -0.2) is 66.7 Å². The molecule has 0 aliphatic heterocycles. The molecule has 2 aromatic carbocycles. The molecule has 3 heterocycles. The van der Waals surface area contributed by atoms with Crippen molar-refractivity contribution in [1.29, 1.82) is 0 Å². The van der Waals surface area contributed by atoms with E-state index in [1.807, 2.05) is 0 Å². The maximum absolute atomic E-state index is 13.9. The summed E-state index contributed by atoms with van der Waals surface area (Å²) in [5, 5.41) is 22.3. The summed E-state index contributed by atoms with van der Waals surface area (Å²) in [6, 6.07) is 16.6. The largest absolute Gasteiger partial charge is 0.504 e. The second-order valence-electron chi connectivity index (χ2n) is 10.6. The van der Waals surface area contributed by atoms with E-state index in [9.17, 15) is 32.7 Å².